The van der Waals surface area contributed by atoms with Crippen molar-refractivity contribution in [3.8, 4) is 11.5 Å². The Labute approximate surface area is 148 Å². The van der Waals surface area contributed by atoms with Gasteiger partial charge in [-0.25, -0.2) is 0 Å². The number of ether oxygens (including phenoxy) is 2. The Hall–Kier alpha value is -2.69. The van der Waals surface area contributed by atoms with Crippen LogP contribution < -0.4 is 20.1 Å². The minimum Gasteiger partial charge on any atom is -0.492 e. The topological polar surface area (TPSA) is 64.8 Å². The monoisotopic (exact) mass is 340 g/mol. The minimum atomic E-state index is -0.0797. The van der Waals surface area contributed by atoms with Crippen molar-refractivity contribution in [1.29, 1.82) is 0 Å². The first kappa shape index (κ1) is 17.1. The molecule has 3 rings (SSSR count). The van der Waals surface area contributed by atoms with Gasteiger partial charge in [-0.2, -0.15) is 0 Å². The maximum Gasteiger partial charge on any atom is 0.265 e. The molecule has 2 aromatic rings. The van der Waals surface area contributed by atoms with Gasteiger partial charge in [0.1, 0.15) is 18.1 Å². The average molecular weight is 340 g/mol. The van der Waals surface area contributed by atoms with Crippen LogP contribution in [0, 0.1) is 0 Å². The average Bonchev–Trinajstić information content (AvgIpc) is 2.56. The van der Waals surface area contributed by atoms with E-state index in [2.05, 4.69) is 32.9 Å². The highest BCUT2D eigenvalue weighted by Gasteiger charge is 2.25. The van der Waals surface area contributed by atoms with Gasteiger partial charge in [-0.05, 0) is 35.2 Å². The zero-order valence-electron chi connectivity index (χ0n) is 14.9. The summed E-state index contributed by atoms with van der Waals surface area (Å²) in [7, 11) is 0. The Morgan fingerprint density at radius 1 is 1.16 bits per heavy atom. The van der Waals surface area contributed by atoms with E-state index in [1.165, 1.54) is 5.56 Å². The Kier molecular flexibility index (Phi) is 4.57. The van der Waals surface area contributed by atoms with Gasteiger partial charge in [0.2, 0.25) is 0 Å². The fourth-order valence-electron chi connectivity index (χ4n) is 2.77. The summed E-state index contributed by atoms with van der Waals surface area (Å²) in [5, 5.41) is 0. The van der Waals surface area contributed by atoms with Crippen molar-refractivity contribution in [3.63, 3.8) is 0 Å². The summed E-state index contributed by atoms with van der Waals surface area (Å²) in [5.41, 5.74) is 8.49. The van der Waals surface area contributed by atoms with Gasteiger partial charge < -0.3 is 20.1 Å². The first-order chi connectivity index (χ1) is 11.8. The van der Waals surface area contributed by atoms with E-state index in [9.17, 15) is 4.79 Å². The molecule has 1 amide bonds. The molecular weight excluding hydrogens is 316 g/mol. The standard InChI is InChI=1S/C20H24N2O3/c1-20(2,3)14-4-7-16(8-5-14)24-11-10-22-17-9-6-15(21)12-18(17)25-13-19(22)23/h4-9,12H,10-11,13,21H2,1-3H3. The summed E-state index contributed by atoms with van der Waals surface area (Å²) in [6.45, 7) is 7.42. The van der Waals surface area contributed by atoms with Gasteiger partial charge in [-0.15, -0.1) is 0 Å². The van der Waals surface area contributed by atoms with E-state index >= 15 is 0 Å². The summed E-state index contributed by atoms with van der Waals surface area (Å²) < 4.78 is 11.2. The molecule has 0 aliphatic carbocycles. The van der Waals surface area contributed by atoms with E-state index in [1.807, 2.05) is 12.1 Å². The van der Waals surface area contributed by atoms with Crippen LogP contribution >= 0.6 is 0 Å². The number of benzene rings is 2. The number of rotatable bonds is 4. The highest BCUT2D eigenvalue weighted by Crippen LogP contribution is 2.33. The van der Waals surface area contributed by atoms with Gasteiger partial charge in [0, 0.05) is 11.8 Å². The molecule has 0 spiro atoms. The van der Waals surface area contributed by atoms with E-state index < -0.39 is 0 Å². The normalized spacial score (nSPS) is 14.0. The van der Waals surface area contributed by atoms with E-state index in [-0.39, 0.29) is 17.9 Å². The molecule has 1 heterocycles. The molecule has 25 heavy (non-hydrogen) atoms. The van der Waals surface area contributed by atoms with Crippen molar-refractivity contribution >= 4 is 17.3 Å². The Bertz CT molecular complexity index is 764. The SMILES string of the molecule is CC(C)(C)c1ccc(OCCN2C(=O)COc3cc(N)ccc32)cc1. The number of carbonyl (C=O) groups excluding carboxylic acids is 1. The number of carbonyl (C=O) groups is 1. The Morgan fingerprint density at radius 2 is 1.88 bits per heavy atom. The highest BCUT2D eigenvalue weighted by atomic mass is 16.5. The lowest BCUT2D eigenvalue weighted by Gasteiger charge is -2.29. The van der Waals surface area contributed by atoms with Gasteiger partial charge in [0.15, 0.2) is 6.61 Å². The molecule has 2 aromatic carbocycles. The van der Waals surface area contributed by atoms with Crippen molar-refractivity contribution in [3.05, 3.63) is 48.0 Å². The molecule has 5 nitrogen and oxygen atoms in total. The molecule has 132 valence electrons. The molecule has 0 aromatic heterocycles. The number of amides is 1. The number of hydrogen-bond acceptors (Lipinski definition) is 4. The van der Waals surface area contributed by atoms with Crippen molar-refractivity contribution in [2.75, 3.05) is 30.4 Å². The summed E-state index contributed by atoms with van der Waals surface area (Å²) in [6.07, 6.45) is 0. The molecule has 5 heteroatoms. The van der Waals surface area contributed by atoms with Crippen LogP contribution in [0.3, 0.4) is 0 Å². The van der Waals surface area contributed by atoms with E-state index in [4.69, 9.17) is 15.2 Å². The second kappa shape index (κ2) is 6.67. The third kappa shape index (κ3) is 3.87. The van der Waals surface area contributed by atoms with Gasteiger partial charge in [-0.3, -0.25) is 4.79 Å². The lowest BCUT2D eigenvalue weighted by Crippen LogP contribution is -2.41. The van der Waals surface area contributed by atoms with Crippen LogP contribution in [0.4, 0.5) is 11.4 Å². The third-order valence-electron chi connectivity index (χ3n) is 4.23. The smallest absolute Gasteiger partial charge is 0.265 e. The van der Waals surface area contributed by atoms with Crippen molar-refractivity contribution in [2.24, 2.45) is 0 Å². The number of nitrogen functional groups attached to an aromatic ring is 1. The van der Waals surface area contributed by atoms with Crippen LogP contribution in [-0.4, -0.2) is 25.7 Å². The minimum absolute atomic E-state index is 0.0245. The zero-order chi connectivity index (χ0) is 18.0. The molecule has 0 bridgehead atoms. The number of fused-ring (bicyclic) bond motifs is 1. The highest BCUT2D eigenvalue weighted by molar-refractivity contribution is 5.98. The van der Waals surface area contributed by atoms with E-state index in [1.54, 1.807) is 23.1 Å². The maximum atomic E-state index is 12.2. The van der Waals surface area contributed by atoms with Crippen LogP contribution in [0.5, 0.6) is 11.5 Å². The van der Waals surface area contributed by atoms with Crippen molar-refractivity contribution in [2.45, 2.75) is 26.2 Å². The summed E-state index contributed by atoms with van der Waals surface area (Å²) in [5.74, 6) is 1.35. The van der Waals surface area contributed by atoms with E-state index in [0.717, 1.165) is 11.4 Å². The molecule has 0 atom stereocenters. The van der Waals surface area contributed by atoms with Crippen LogP contribution in [0.25, 0.3) is 0 Å². The van der Waals surface area contributed by atoms with Gasteiger partial charge in [0.05, 0.1) is 12.2 Å². The number of nitrogens with two attached hydrogens (primary N) is 1. The lowest BCUT2D eigenvalue weighted by atomic mass is 9.87. The predicted octanol–water partition coefficient (Wildman–Crippen LogP) is 3.37. The predicted molar refractivity (Wildman–Crippen MR) is 99.3 cm³/mol. The zero-order valence-corrected chi connectivity index (χ0v) is 14.9. The number of hydrogen-bond donors (Lipinski definition) is 1. The molecule has 1 aliphatic rings. The fourth-order valence-corrected chi connectivity index (χ4v) is 2.77. The quantitative estimate of drug-likeness (QED) is 0.867. The summed E-state index contributed by atoms with van der Waals surface area (Å²) >= 11 is 0. The van der Waals surface area contributed by atoms with Crippen LogP contribution in [0.1, 0.15) is 26.3 Å². The second-order valence-corrected chi connectivity index (χ2v) is 7.18. The van der Waals surface area contributed by atoms with Crippen LogP contribution in [0.15, 0.2) is 42.5 Å². The molecule has 0 saturated carbocycles. The summed E-state index contributed by atoms with van der Waals surface area (Å²) in [4.78, 5) is 13.8. The second-order valence-electron chi connectivity index (χ2n) is 7.18. The van der Waals surface area contributed by atoms with Crippen LogP contribution in [-0.2, 0) is 10.2 Å². The summed E-state index contributed by atoms with van der Waals surface area (Å²) in [6, 6.07) is 13.4. The molecule has 1 aliphatic heterocycles. The lowest BCUT2D eigenvalue weighted by molar-refractivity contribution is -0.121. The van der Waals surface area contributed by atoms with Crippen molar-refractivity contribution in [1.82, 2.24) is 0 Å². The molecular formula is C20H24N2O3. The van der Waals surface area contributed by atoms with Gasteiger partial charge >= 0.3 is 0 Å². The van der Waals surface area contributed by atoms with Gasteiger partial charge in [0.25, 0.3) is 5.91 Å². The third-order valence-corrected chi connectivity index (χ3v) is 4.23. The maximum absolute atomic E-state index is 12.2. The first-order valence-electron chi connectivity index (χ1n) is 8.40. The molecule has 2 N–H and O–H groups in total. The molecule has 0 saturated heterocycles. The van der Waals surface area contributed by atoms with Crippen LogP contribution in [0.2, 0.25) is 0 Å². The Balaban J connectivity index is 1.63. The molecule has 0 unspecified atom stereocenters. The molecule has 0 radical (unpaired) electrons. The van der Waals surface area contributed by atoms with Gasteiger partial charge in [-0.1, -0.05) is 32.9 Å². The Morgan fingerprint density at radius 3 is 2.56 bits per heavy atom. The first-order valence-corrected chi connectivity index (χ1v) is 8.40. The largest absolute Gasteiger partial charge is 0.492 e. The number of nitrogens with zero attached hydrogens (tertiary/aromatic N) is 1. The molecule has 0 fully saturated rings. The van der Waals surface area contributed by atoms with Crippen molar-refractivity contribution < 1.29 is 14.3 Å². The fraction of sp³-hybridized carbons (Fsp3) is 0.350. The van der Waals surface area contributed by atoms with E-state index in [0.29, 0.717) is 24.6 Å². The number of anilines is 2.